The first-order chi connectivity index (χ1) is 8.76. The van der Waals surface area contributed by atoms with Crippen LogP contribution in [-0.2, 0) is 10.0 Å². The van der Waals surface area contributed by atoms with Crippen molar-refractivity contribution in [1.82, 2.24) is 4.72 Å². The van der Waals surface area contributed by atoms with Gasteiger partial charge in [0.2, 0.25) is 10.0 Å². The SMILES string of the molecule is CNS(=O)(=O)CCNc1c(Cl)cc(N)cc1C(=O)O. The average Bonchev–Trinajstić information content (AvgIpc) is 2.31. The molecule has 0 aliphatic heterocycles. The van der Waals surface area contributed by atoms with Gasteiger partial charge in [-0.1, -0.05) is 11.6 Å². The zero-order valence-electron chi connectivity index (χ0n) is 10.1. The number of carboxylic acids is 1. The molecule has 5 N–H and O–H groups in total. The second-order valence-corrected chi connectivity index (χ2v) is 6.13. The molecule has 0 aromatic heterocycles. The van der Waals surface area contributed by atoms with E-state index in [2.05, 4.69) is 10.0 Å². The Morgan fingerprint density at radius 2 is 2.11 bits per heavy atom. The van der Waals surface area contributed by atoms with Crippen LogP contribution in [0.5, 0.6) is 0 Å². The number of carboxylic acid groups (broad SMARTS) is 1. The summed E-state index contributed by atoms with van der Waals surface area (Å²) in [7, 11) is -2.07. The van der Waals surface area contributed by atoms with Gasteiger partial charge in [-0.2, -0.15) is 0 Å². The summed E-state index contributed by atoms with van der Waals surface area (Å²) in [5.41, 5.74) is 5.77. The highest BCUT2D eigenvalue weighted by Gasteiger charge is 2.15. The molecule has 0 bridgehead atoms. The molecule has 0 aliphatic rings. The highest BCUT2D eigenvalue weighted by Crippen LogP contribution is 2.29. The third-order valence-corrected chi connectivity index (χ3v) is 3.99. The van der Waals surface area contributed by atoms with Gasteiger partial charge >= 0.3 is 5.97 Å². The van der Waals surface area contributed by atoms with E-state index in [-0.39, 0.29) is 34.3 Å². The number of nitrogens with one attached hydrogen (secondary N) is 2. The van der Waals surface area contributed by atoms with E-state index in [4.69, 9.17) is 22.4 Å². The molecule has 0 saturated carbocycles. The van der Waals surface area contributed by atoms with Gasteiger partial charge in [-0.05, 0) is 19.2 Å². The number of halogens is 1. The highest BCUT2D eigenvalue weighted by molar-refractivity contribution is 7.89. The minimum absolute atomic E-state index is 0.0209. The first kappa shape index (κ1) is 15.5. The van der Waals surface area contributed by atoms with E-state index in [1.54, 1.807) is 0 Å². The standard InChI is InChI=1S/C10H14ClN3O4S/c1-13-19(17,18)3-2-14-9-7(10(15)16)4-6(12)5-8(9)11/h4-5,13-14H,2-3,12H2,1H3,(H,15,16). The Kier molecular flexibility index (Phi) is 4.98. The third kappa shape index (κ3) is 4.27. The number of rotatable bonds is 6. The molecule has 9 heteroatoms. The van der Waals surface area contributed by atoms with Crippen LogP contribution >= 0.6 is 11.6 Å². The molecule has 1 aromatic carbocycles. The number of benzene rings is 1. The highest BCUT2D eigenvalue weighted by atomic mass is 35.5. The molecule has 0 saturated heterocycles. The molecule has 0 radical (unpaired) electrons. The van der Waals surface area contributed by atoms with Crippen molar-refractivity contribution in [1.29, 1.82) is 0 Å². The topological polar surface area (TPSA) is 122 Å². The maximum absolute atomic E-state index is 11.2. The van der Waals surface area contributed by atoms with Crippen molar-refractivity contribution < 1.29 is 18.3 Å². The first-order valence-electron chi connectivity index (χ1n) is 5.24. The molecule has 7 nitrogen and oxygen atoms in total. The molecule has 0 heterocycles. The van der Waals surface area contributed by atoms with Gasteiger partial charge in [-0.3, -0.25) is 0 Å². The Bertz CT molecular complexity index is 589. The maximum atomic E-state index is 11.2. The number of nitrogens with two attached hydrogens (primary N) is 1. The van der Waals surface area contributed by atoms with E-state index < -0.39 is 16.0 Å². The van der Waals surface area contributed by atoms with Crippen molar-refractivity contribution in [2.24, 2.45) is 0 Å². The van der Waals surface area contributed by atoms with E-state index in [9.17, 15) is 13.2 Å². The fraction of sp³-hybridized carbons (Fsp3) is 0.300. The van der Waals surface area contributed by atoms with Gasteiger partial charge in [0.25, 0.3) is 0 Å². The second-order valence-electron chi connectivity index (χ2n) is 3.68. The van der Waals surface area contributed by atoms with Crippen LogP contribution in [0.3, 0.4) is 0 Å². The molecule has 0 aliphatic carbocycles. The largest absolute Gasteiger partial charge is 0.478 e. The number of aromatic carboxylic acids is 1. The van der Waals surface area contributed by atoms with Crippen molar-refractivity contribution in [2.45, 2.75) is 0 Å². The summed E-state index contributed by atoms with van der Waals surface area (Å²) in [6.07, 6.45) is 0. The second kappa shape index (κ2) is 6.09. The van der Waals surface area contributed by atoms with E-state index >= 15 is 0 Å². The molecule has 0 atom stereocenters. The number of sulfonamides is 1. The molecule has 1 aromatic rings. The van der Waals surface area contributed by atoms with Crippen molar-refractivity contribution in [3.63, 3.8) is 0 Å². The minimum atomic E-state index is -3.37. The van der Waals surface area contributed by atoms with Gasteiger partial charge in [-0.25, -0.2) is 17.9 Å². The summed E-state index contributed by atoms with van der Waals surface area (Å²) in [5, 5.41) is 11.9. The summed E-state index contributed by atoms with van der Waals surface area (Å²) < 4.78 is 24.6. The van der Waals surface area contributed by atoms with Crippen LogP contribution in [0, 0.1) is 0 Å². The summed E-state index contributed by atoms with van der Waals surface area (Å²) in [6, 6.07) is 2.64. The third-order valence-electron chi connectivity index (χ3n) is 2.33. The number of hydrogen-bond acceptors (Lipinski definition) is 5. The van der Waals surface area contributed by atoms with Crippen molar-refractivity contribution >= 4 is 39.0 Å². The Hall–Kier alpha value is -1.51. The number of anilines is 2. The first-order valence-corrected chi connectivity index (χ1v) is 7.27. The van der Waals surface area contributed by atoms with Crippen LogP contribution in [0.15, 0.2) is 12.1 Å². The lowest BCUT2D eigenvalue weighted by Crippen LogP contribution is -2.26. The van der Waals surface area contributed by atoms with E-state index in [0.29, 0.717) is 0 Å². The Balaban J connectivity index is 2.92. The lowest BCUT2D eigenvalue weighted by atomic mass is 10.1. The predicted molar refractivity (Wildman–Crippen MR) is 74.2 cm³/mol. The van der Waals surface area contributed by atoms with Gasteiger partial charge in [0, 0.05) is 12.2 Å². The van der Waals surface area contributed by atoms with Crippen LogP contribution in [0.2, 0.25) is 5.02 Å². The van der Waals surface area contributed by atoms with Crippen LogP contribution in [0.4, 0.5) is 11.4 Å². The number of carbonyl (C=O) groups is 1. The lowest BCUT2D eigenvalue weighted by molar-refractivity contribution is 0.0698. The summed E-state index contributed by atoms with van der Waals surface area (Å²) >= 11 is 5.89. The van der Waals surface area contributed by atoms with E-state index in [1.165, 1.54) is 19.2 Å². The minimum Gasteiger partial charge on any atom is -0.478 e. The van der Waals surface area contributed by atoms with Gasteiger partial charge in [0.15, 0.2) is 0 Å². The van der Waals surface area contributed by atoms with Gasteiger partial charge < -0.3 is 16.2 Å². The average molecular weight is 308 g/mol. The fourth-order valence-electron chi connectivity index (χ4n) is 1.39. The predicted octanol–water partition coefficient (Wildman–Crippen LogP) is 0.582. The zero-order valence-corrected chi connectivity index (χ0v) is 11.7. The zero-order chi connectivity index (χ0) is 14.6. The molecular weight excluding hydrogens is 294 g/mol. The molecule has 0 amide bonds. The Morgan fingerprint density at radius 3 is 2.63 bits per heavy atom. The molecule has 1 rings (SSSR count). The molecular formula is C10H14ClN3O4S. The Morgan fingerprint density at radius 1 is 1.47 bits per heavy atom. The number of nitrogen functional groups attached to an aromatic ring is 1. The van der Waals surface area contributed by atoms with Crippen LogP contribution in [-0.4, -0.2) is 38.8 Å². The monoisotopic (exact) mass is 307 g/mol. The quantitative estimate of drug-likeness (QED) is 0.570. The normalized spacial score (nSPS) is 11.3. The molecule has 19 heavy (non-hydrogen) atoms. The van der Waals surface area contributed by atoms with Gasteiger partial charge in [-0.15, -0.1) is 0 Å². The van der Waals surface area contributed by atoms with Crippen LogP contribution in [0.25, 0.3) is 0 Å². The van der Waals surface area contributed by atoms with Crippen molar-refractivity contribution in [3.05, 3.63) is 22.7 Å². The summed E-state index contributed by atoms with van der Waals surface area (Å²) in [6.45, 7) is 0.0209. The lowest BCUT2D eigenvalue weighted by Gasteiger charge is -2.12. The molecule has 0 fully saturated rings. The Labute approximate surface area is 115 Å². The van der Waals surface area contributed by atoms with Crippen molar-refractivity contribution in [2.75, 3.05) is 30.4 Å². The van der Waals surface area contributed by atoms with Gasteiger partial charge in [0.1, 0.15) is 0 Å². The van der Waals surface area contributed by atoms with Gasteiger partial charge in [0.05, 0.1) is 22.0 Å². The summed E-state index contributed by atoms with van der Waals surface area (Å²) in [5.74, 6) is -1.41. The van der Waals surface area contributed by atoms with Crippen molar-refractivity contribution in [3.8, 4) is 0 Å². The molecule has 0 spiro atoms. The van der Waals surface area contributed by atoms with E-state index in [0.717, 1.165) is 0 Å². The van der Waals surface area contributed by atoms with Crippen LogP contribution < -0.4 is 15.8 Å². The molecule has 0 unspecified atom stereocenters. The van der Waals surface area contributed by atoms with Crippen LogP contribution in [0.1, 0.15) is 10.4 Å². The maximum Gasteiger partial charge on any atom is 0.337 e. The fourth-order valence-corrected chi connectivity index (χ4v) is 2.26. The van der Waals surface area contributed by atoms with E-state index in [1.807, 2.05) is 0 Å². The number of hydrogen-bond donors (Lipinski definition) is 4. The smallest absolute Gasteiger partial charge is 0.337 e. The molecule has 106 valence electrons. The summed E-state index contributed by atoms with van der Waals surface area (Å²) in [4.78, 5) is 11.1.